The Hall–Kier alpha value is -2.72. The number of hydrogen-bond donors (Lipinski definition) is 0. The van der Waals surface area contributed by atoms with Gasteiger partial charge in [-0.25, -0.2) is 0 Å². The van der Waals surface area contributed by atoms with E-state index >= 15 is 0 Å². The highest BCUT2D eigenvalue weighted by atomic mass is 32.1. The fourth-order valence-electron chi connectivity index (χ4n) is 8.42. The highest BCUT2D eigenvalue weighted by Crippen LogP contribution is 2.55. The van der Waals surface area contributed by atoms with E-state index in [9.17, 15) is 0 Å². The third-order valence-electron chi connectivity index (χ3n) is 12.6. The molecule has 0 amide bonds. The van der Waals surface area contributed by atoms with Crippen LogP contribution in [-0.4, -0.2) is 28.6 Å². The van der Waals surface area contributed by atoms with Crippen LogP contribution >= 0.6 is 45.7 Å². The van der Waals surface area contributed by atoms with Crippen molar-refractivity contribution in [1.29, 1.82) is 0 Å². The Morgan fingerprint density at radius 1 is 0.548 bits per heavy atom. The van der Waals surface area contributed by atoms with Crippen LogP contribution in [0.3, 0.4) is 0 Å². The lowest BCUT2D eigenvalue weighted by Crippen LogP contribution is -2.12. The number of nitrogens with zero attached hydrogens (tertiary/aromatic N) is 2. The molecule has 0 aliphatic rings. The van der Waals surface area contributed by atoms with Crippen molar-refractivity contribution in [1.82, 2.24) is 8.75 Å². The molecule has 0 radical (unpaired) electrons. The second-order valence-electron chi connectivity index (χ2n) is 19.8. The van der Waals surface area contributed by atoms with Crippen molar-refractivity contribution in [3.8, 4) is 38.1 Å². The van der Waals surface area contributed by atoms with E-state index in [-0.39, 0.29) is 10.8 Å². The first-order valence-electron chi connectivity index (χ1n) is 24.1. The predicted molar refractivity (Wildman–Crippen MR) is 276 cm³/mol. The van der Waals surface area contributed by atoms with E-state index in [1.165, 1.54) is 107 Å². The smallest absolute Gasteiger partial charge is 0.146 e. The van der Waals surface area contributed by atoms with Crippen molar-refractivity contribution >= 4 is 76.9 Å². The fourth-order valence-corrected chi connectivity index (χ4v) is 12.6. The van der Waals surface area contributed by atoms with Gasteiger partial charge in [0.1, 0.15) is 28.3 Å². The molecule has 6 rings (SSSR count). The minimum absolute atomic E-state index is 0.00116. The van der Waals surface area contributed by atoms with Crippen LogP contribution in [-0.2, 0) is 10.8 Å². The molecule has 2 atom stereocenters. The highest BCUT2D eigenvalue weighted by molar-refractivity contribution is 7.23. The summed E-state index contributed by atoms with van der Waals surface area (Å²) in [6.07, 6.45) is 16.8. The van der Waals surface area contributed by atoms with E-state index in [1.54, 1.807) is 0 Å². The van der Waals surface area contributed by atoms with Gasteiger partial charge < -0.3 is 14.2 Å². The quantitative estimate of drug-likeness (QED) is 0.0566. The lowest BCUT2D eigenvalue weighted by Gasteiger charge is -2.19. The second kappa shape index (κ2) is 22.0. The molecule has 0 aliphatic heterocycles. The molecular formula is C53H76N2O3S4. The monoisotopic (exact) mass is 916 g/mol. The SMILES string of the molecule is CCCCCCCCOc1c(C)c(-c2cc3c(OCC(CC)CCCC)c4sc(C(C)(C)C)cc4c(OCC(CC)CCCC)c3s2)c2nsnc2c1-c1ccc(C(C)(C)C)s1. The molecule has 0 spiro atoms. The number of fused-ring (bicyclic) bond motifs is 3. The Balaban J connectivity index is 1.57. The van der Waals surface area contributed by atoms with E-state index in [0.717, 1.165) is 79.2 Å². The van der Waals surface area contributed by atoms with Crippen LogP contribution in [0.1, 0.15) is 181 Å². The number of unbranched alkanes of at least 4 members (excludes halogenated alkanes) is 7. The number of thiophene rings is 3. The summed E-state index contributed by atoms with van der Waals surface area (Å²) >= 11 is 6.88. The second-order valence-corrected chi connectivity index (χ2v) is 23.5. The topological polar surface area (TPSA) is 53.5 Å². The first-order chi connectivity index (χ1) is 29.7. The molecule has 9 heteroatoms. The Morgan fingerprint density at radius 2 is 1.10 bits per heavy atom. The van der Waals surface area contributed by atoms with E-state index in [4.69, 9.17) is 23.0 Å². The number of benzene rings is 2. The van der Waals surface area contributed by atoms with Gasteiger partial charge >= 0.3 is 0 Å². The molecule has 6 aromatic rings. The minimum Gasteiger partial charge on any atom is -0.493 e. The van der Waals surface area contributed by atoms with Gasteiger partial charge in [0.25, 0.3) is 0 Å². The van der Waals surface area contributed by atoms with Gasteiger partial charge in [0.05, 0.1) is 46.5 Å². The molecule has 0 fully saturated rings. The molecule has 0 bridgehead atoms. The summed E-state index contributed by atoms with van der Waals surface area (Å²) in [5.41, 5.74) is 5.26. The van der Waals surface area contributed by atoms with Crippen molar-refractivity contribution in [3.05, 3.63) is 39.6 Å². The van der Waals surface area contributed by atoms with Crippen molar-refractivity contribution in [3.63, 3.8) is 0 Å². The summed E-state index contributed by atoms with van der Waals surface area (Å²) in [6, 6.07) is 9.36. The Bertz CT molecular complexity index is 2270. The Labute approximate surface area is 390 Å². The van der Waals surface area contributed by atoms with E-state index in [1.807, 2.05) is 34.0 Å². The number of aromatic nitrogens is 2. The maximum atomic E-state index is 7.16. The lowest BCUT2D eigenvalue weighted by molar-refractivity contribution is 0.235. The zero-order chi connectivity index (χ0) is 44.6. The van der Waals surface area contributed by atoms with Crippen LogP contribution < -0.4 is 14.2 Å². The van der Waals surface area contributed by atoms with Gasteiger partial charge in [-0.3, -0.25) is 0 Å². The molecule has 340 valence electrons. The van der Waals surface area contributed by atoms with Crippen LogP contribution in [0, 0.1) is 18.8 Å². The van der Waals surface area contributed by atoms with E-state index in [0.29, 0.717) is 31.7 Å². The van der Waals surface area contributed by atoms with Crippen molar-refractivity contribution in [2.75, 3.05) is 19.8 Å². The van der Waals surface area contributed by atoms with Crippen molar-refractivity contribution < 1.29 is 14.2 Å². The highest BCUT2D eigenvalue weighted by Gasteiger charge is 2.30. The van der Waals surface area contributed by atoms with Gasteiger partial charge in [0.15, 0.2) is 0 Å². The largest absolute Gasteiger partial charge is 0.493 e. The standard InChI is InChI=1S/C53H76N2O3S4/c1-13-18-21-22-23-24-29-56-47-34(6)43(45-46(55-62-54-45)44(47)39-27-28-41(59-39)52(7,8)9)40-30-37-48(57-32-35(16-4)25-19-14-2)51-38(31-42(61-51)53(10,11)12)49(50(37)60-40)58-33-36(17-5)26-20-15-3/h27-28,30-31,35-36H,13-26,29,32-33H2,1-12H3. The summed E-state index contributed by atoms with van der Waals surface area (Å²) in [5.74, 6) is 3.98. The average molecular weight is 917 g/mol. The van der Waals surface area contributed by atoms with E-state index in [2.05, 4.69) is 107 Å². The summed E-state index contributed by atoms with van der Waals surface area (Å²) < 4.78 is 33.9. The number of hydrogen-bond acceptors (Lipinski definition) is 9. The van der Waals surface area contributed by atoms with Gasteiger partial charge in [-0.15, -0.1) is 34.0 Å². The zero-order valence-electron chi connectivity index (χ0n) is 40.2. The molecule has 62 heavy (non-hydrogen) atoms. The molecule has 5 nitrogen and oxygen atoms in total. The Morgan fingerprint density at radius 3 is 1.66 bits per heavy atom. The van der Waals surface area contributed by atoms with Crippen molar-refractivity contribution in [2.24, 2.45) is 11.8 Å². The molecular weight excluding hydrogens is 841 g/mol. The summed E-state index contributed by atoms with van der Waals surface area (Å²) in [5, 5.41) is 2.33. The molecule has 4 aromatic heterocycles. The molecule has 4 heterocycles. The summed E-state index contributed by atoms with van der Waals surface area (Å²) in [7, 11) is 0. The van der Waals surface area contributed by atoms with Crippen LogP contribution in [0.25, 0.3) is 52.1 Å². The van der Waals surface area contributed by atoms with Gasteiger partial charge in [-0.1, -0.05) is 147 Å². The number of rotatable bonds is 24. The van der Waals surface area contributed by atoms with Crippen LogP contribution in [0.5, 0.6) is 17.2 Å². The first kappa shape index (κ1) is 48.7. The molecule has 0 N–H and O–H groups in total. The van der Waals surface area contributed by atoms with Gasteiger partial charge in [0.2, 0.25) is 0 Å². The Kier molecular flexibility index (Phi) is 17.3. The first-order valence-corrected chi connectivity index (χ1v) is 27.2. The molecule has 2 unspecified atom stereocenters. The normalized spacial score (nSPS) is 13.5. The van der Waals surface area contributed by atoms with Crippen LogP contribution in [0.15, 0.2) is 24.3 Å². The summed E-state index contributed by atoms with van der Waals surface area (Å²) in [4.78, 5) is 5.06. The van der Waals surface area contributed by atoms with Crippen LogP contribution in [0.2, 0.25) is 0 Å². The van der Waals surface area contributed by atoms with Gasteiger partial charge in [-0.2, -0.15) is 8.75 Å². The third-order valence-corrected chi connectivity index (χ3v) is 17.4. The zero-order valence-corrected chi connectivity index (χ0v) is 43.5. The van der Waals surface area contributed by atoms with E-state index < -0.39 is 0 Å². The lowest BCUT2D eigenvalue weighted by atomic mass is 9.94. The minimum atomic E-state index is 0.00116. The van der Waals surface area contributed by atoms with Crippen LogP contribution in [0.4, 0.5) is 0 Å². The van der Waals surface area contributed by atoms with Gasteiger partial charge in [-0.05, 0) is 73.1 Å². The van der Waals surface area contributed by atoms with Crippen molar-refractivity contribution in [2.45, 2.75) is 184 Å². The predicted octanol–water partition coefficient (Wildman–Crippen LogP) is 18.3. The maximum absolute atomic E-state index is 7.16. The maximum Gasteiger partial charge on any atom is 0.146 e. The summed E-state index contributed by atoms with van der Waals surface area (Å²) in [6.45, 7) is 29.7. The average Bonchev–Trinajstić information content (AvgIpc) is 4.07. The third kappa shape index (κ3) is 11.2. The molecule has 0 aliphatic carbocycles. The molecule has 0 saturated heterocycles. The van der Waals surface area contributed by atoms with Gasteiger partial charge in [0, 0.05) is 41.4 Å². The molecule has 0 saturated carbocycles. The fraction of sp³-hybridized carbons (Fsp3) is 0.623. The number of ether oxygens (including phenoxy) is 3. The molecule has 2 aromatic carbocycles.